The third kappa shape index (κ3) is 4.43. The molecule has 2 aromatic carbocycles. The van der Waals surface area contributed by atoms with Crippen molar-refractivity contribution in [2.45, 2.75) is 25.9 Å². The molecule has 1 amide bonds. The molecule has 0 saturated carbocycles. The summed E-state index contributed by atoms with van der Waals surface area (Å²) in [7, 11) is 1.82. The first kappa shape index (κ1) is 15.3. The van der Waals surface area contributed by atoms with Crippen LogP contribution in [0.3, 0.4) is 0 Å². The molecule has 0 aliphatic rings. The zero-order valence-corrected chi connectivity index (χ0v) is 12.6. The predicted octanol–water partition coefficient (Wildman–Crippen LogP) is 3.04. The van der Waals surface area contributed by atoms with Crippen molar-refractivity contribution in [3.05, 3.63) is 71.3 Å². The predicted molar refractivity (Wildman–Crippen MR) is 85.6 cm³/mol. The van der Waals surface area contributed by atoms with E-state index in [-0.39, 0.29) is 11.9 Å². The molecule has 0 saturated heterocycles. The second kappa shape index (κ2) is 7.04. The molecular formula is C18H22N2O. The summed E-state index contributed by atoms with van der Waals surface area (Å²) in [6.45, 7) is 2.67. The minimum atomic E-state index is -0.251. The van der Waals surface area contributed by atoms with Gasteiger partial charge in [0.05, 0.1) is 0 Å². The Labute approximate surface area is 126 Å². The van der Waals surface area contributed by atoms with E-state index in [1.54, 1.807) is 4.90 Å². The number of nitrogens with two attached hydrogens (primary N) is 1. The molecule has 3 heteroatoms. The van der Waals surface area contributed by atoms with Crippen LogP contribution in [0.5, 0.6) is 0 Å². The Morgan fingerprint density at radius 1 is 1.14 bits per heavy atom. The SMILES string of the molecule is Cc1cccc(CN(C)C(=O)CC(N)c2ccccc2)c1. The summed E-state index contributed by atoms with van der Waals surface area (Å²) >= 11 is 0. The van der Waals surface area contributed by atoms with Gasteiger partial charge in [0.25, 0.3) is 0 Å². The van der Waals surface area contributed by atoms with Crippen LogP contribution in [-0.4, -0.2) is 17.9 Å². The number of nitrogens with zero attached hydrogens (tertiary/aromatic N) is 1. The first-order chi connectivity index (χ1) is 10.1. The summed E-state index contributed by atoms with van der Waals surface area (Å²) in [5.74, 6) is 0.0628. The maximum atomic E-state index is 12.3. The Kier molecular flexibility index (Phi) is 5.12. The molecule has 0 fully saturated rings. The van der Waals surface area contributed by atoms with Gasteiger partial charge in [-0.15, -0.1) is 0 Å². The highest BCUT2D eigenvalue weighted by molar-refractivity contribution is 5.76. The molecule has 0 spiro atoms. The molecule has 0 bridgehead atoms. The van der Waals surface area contributed by atoms with E-state index in [9.17, 15) is 4.79 Å². The Hall–Kier alpha value is -2.13. The second-order valence-electron chi connectivity index (χ2n) is 5.46. The highest BCUT2D eigenvalue weighted by Gasteiger charge is 2.15. The highest BCUT2D eigenvalue weighted by atomic mass is 16.2. The van der Waals surface area contributed by atoms with E-state index < -0.39 is 0 Å². The number of rotatable bonds is 5. The Bertz CT molecular complexity index is 595. The number of aryl methyl sites for hydroxylation is 1. The minimum Gasteiger partial charge on any atom is -0.341 e. The van der Waals surface area contributed by atoms with Crippen LogP contribution in [0, 0.1) is 6.92 Å². The van der Waals surface area contributed by atoms with Crippen LogP contribution >= 0.6 is 0 Å². The molecular weight excluding hydrogens is 260 g/mol. The molecule has 2 aromatic rings. The van der Waals surface area contributed by atoms with Crippen LogP contribution in [0.4, 0.5) is 0 Å². The van der Waals surface area contributed by atoms with Crippen LogP contribution in [0.25, 0.3) is 0 Å². The van der Waals surface area contributed by atoms with Crippen LogP contribution in [0.15, 0.2) is 54.6 Å². The molecule has 0 radical (unpaired) electrons. The molecule has 1 unspecified atom stereocenters. The van der Waals surface area contributed by atoms with E-state index in [0.717, 1.165) is 11.1 Å². The van der Waals surface area contributed by atoms with Crippen LogP contribution in [-0.2, 0) is 11.3 Å². The first-order valence-corrected chi connectivity index (χ1v) is 7.16. The Balaban J connectivity index is 1.94. The first-order valence-electron chi connectivity index (χ1n) is 7.16. The maximum absolute atomic E-state index is 12.3. The molecule has 2 rings (SSSR count). The number of carbonyl (C=O) groups is 1. The summed E-state index contributed by atoms with van der Waals surface area (Å²) in [5.41, 5.74) is 9.44. The van der Waals surface area contributed by atoms with Gasteiger partial charge in [0.15, 0.2) is 0 Å². The van der Waals surface area contributed by atoms with Gasteiger partial charge in [-0.3, -0.25) is 4.79 Å². The smallest absolute Gasteiger partial charge is 0.224 e. The molecule has 21 heavy (non-hydrogen) atoms. The molecule has 0 aromatic heterocycles. The zero-order valence-electron chi connectivity index (χ0n) is 12.6. The Morgan fingerprint density at radius 3 is 2.52 bits per heavy atom. The van der Waals surface area contributed by atoms with Gasteiger partial charge in [-0.2, -0.15) is 0 Å². The molecule has 110 valence electrons. The van der Waals surface area contributed by atoms with Crippen molar-refractivity contribution in [1.82, 2.24) is 4.90 Å². The van der Waals surface area contributed by atoms with E-state index in [1.807, 2.05) is 49.5 Å². The second-order valence-corrected chi connectivity index (χ2v) is 5.46. The summed E-state index contributed by atoms with van der Waals surface area (Å²) in [6, 6.07) is 17.7. The number of hydrogen-bond acceptors (Lipinski definition) is 2. The fourth-order valence-corrected chi connectivity index (χ4v) is 2.33. The molecule has 1 atom stereocenters. The fourth-order valence-electron chi connectivity index (χ4n) is 2.33. The van der Waals surface area contributed by atoms with Crippen molar-refractivity contribution in [3.63, 3.8) is 0 Å². The van der Waals surface area contributed by atoms with E-state index in [0.29, 0.717) is 13.0 Å². The average molecular weight is 282 g/mol. The minimum absolute atomic E-state index is 0.0628. The van der Waals surface area contributed by atoms with Gasteiger partial charge >= 0.3 is 0 Å². The van der Waals surface area contributed by atoms with E-state index in [4.69, 9.17) is 5.73 Å². The molecule has 3 nitrogen and oxygen atoms in total. The van der Waals surface area contributed by atoms with Crippen molar-refractivity contribution in [2.24, 2.45) is 5.73 Å². The van der Waals surface area contributed by atoms with Crippen molar-refractivity contribution >= 4 is 5.91 Å². The van der Waals surface area contributed by atoms with Gasteiger partial charge < -0.3 is 10.6 Å². The lowest BCUT2D eigenvalue weighted by Crippen LogP contribution is -2.29. The highest BCUT2D eigenvalue weighted by Crippen LogP contribution is 2.15. The van der Waals surface area contributed by atoms with Gasteiger partial charge in [-0.25, -0.2) is 0 Å². The summed E-state index contributed by atoms with van der Waals surface area (Å²) in [4.78, 5) is 14.0. The van der Waals surface area contributed by atoms with Crippen molar-refractivity contribution in [2.75, 3.05) is 7.05 Å². The van der Waals surface area contributed by atoms with Crippen LogP contribution in [0.2, 0.25) is 0 Å². The number of hydrogen-bond donors (Lipinski definition) is 1. The van der Waals surface area contributed by atoms with Crippen molar-refractivity contribution in [3.8, 4) is 0 Å². The summed E-state index contributed by atoms with van der Waals surface area (Å²) in [6.07, 6.45) is 0.326. The summed E-state index contributed by atoms with van der Waals surface area (Å²) < 4.78 is 0. The Morgan fingerprint density at radius 2 is 1.86 bits per heavy atom. The van der Waals surface area contributed by atoms with E-state index >= 15 is 0 Å². The van der Waals surface area contributed by atoms with Gasteiger partial charge in [-0.1, -0.05) is 60.2 Å². The lowest BCUT2D eigenvalue weighted by molar-refractivity contribution is -0.130. The van der Waals surface area contributed by atoms with Gasteiger partial charge in [0.1, 0.15) is 0 Å². The maximum Gasteiger partial charge on any atom is 0.224 e. The third-order valence-electron chi connectivity index (χ3n) is 3.55. The fraction of sp³-hybridized carbons (Fsp3) is 0.278. The number of benzene rings is 2. The standard InChI is InChI=1S/C18H22N2O/c1-14-7-6-8-15(11-14)13-20(2)18(21)12-17(19)16-9-4-3-5-10-16/h3-11,17H,12-13,19H2,1-2H3. The van der Waals surface area contributed by atoms with Gasteiger partial charge in [0, 0.05) is 26.1 Å². The van der Waals surface area contributed by atoms with Gasteiger partial charge in [-0.05, 0) is 18.1 Å². The zero-order chi connectivity index (χ0) is 15.2. The monoisotopic (exact) mass is 282 g/mol. The molecule has 2 N–H and O–H groups in total. The van der Waals surface area contributed by atoms with Crippen LogP contribution < -0.4 is 5.73 Å². The quantitative estimate of drug-likeness (QED) is 0.916. The van der Waals surface area contributed by atoms with Crippen molar-refractivity contribution < 1.29 is 4.79 Å². The lowest BCUT2D eigenvalue weighted by atomic mass is 10.0. The van der Waals surface area contributed by atoms with E-state index in [1.165, 1.54) is 5.56 Å². The lowest BCUT2D eigenvalue weighted by Gasteiger charge is -2.20. The normalized spacial score (nSPS) is 12.0. The summed E-state index contributed by atoms with van der Waals surface area (Å²) in [5, 5.41) is 0. The largest absolute Gasteiger partial charge is 0.341 e. The number of carbonyl (C=O) groups excluding carboxylic acids is 1. The molecule has 0 heterocycles. The molecule has 0 aliphatic heterocycles. The van der Waals surface area contributed by atoms with Crippen LogP contribution in [0.1, 0.15) is 29.2 Å². The van der Waals surface area contributed by atoms with Gasteiger partial charge in [0.2, 0.25) is 5.91 Å². The third-order valence-corrected chi connectivity index (χ3v) is 3.55. The van der Waals surface area contributed by atoms with Crippen molar-refractivity contribution in [1.29, 1.82) is 0 Å². The number of amides is 1. The van der Waals surface area contributed by atoms with E-state index in [2.05, 4.69) is 19.1 Å². The topological polar surface area (TPSA) is 46.3 Å². The molecule has 0 aliphatic carbocycles. The average Bonchev–Trinajstić information content (AvgIpc) is 2.48.